The van der Waals surface area contributed by atoms with E-state index in [-0.39, 0.29) is 36.3 Å². The van der Waals surface area contributed by atoms with Gasteiger partial charge < -0.3 is 31.5 Å². The third kappa shape index (κ3) is 13.0. The van der Waals surface area contributed by atoms with E-state index in [1.54, 1.807) is 0 Å². The lowest BCUT2D eigenvalue weighted by molar-refractivity contribution is -0.142. The summed E-state index contributed by atoms with van der Waals surface area (Å²) in [5.41, 5.74) is 0. The predicted molar refractivity (Wildman–Crippen MR) is 168 cm³/mol. The normalized spacial score (nSPS) is 19.4. The standard InChI is InChI=1S/C31H52N4O8S/c1-3-19(2)27(35-29(40)22(16-20-10-6-4-7-11-20)32-25(36)14-15-26(37)38)30(41)33-23(17-21-12-8-5-9-13-21)28(39)34-24(18-44)31(42)43/h19-24,27,44H,3-18H2,1-2H3,(H,32,36)(H,33,41)(H,34,39)(H,35,40)(H,37,38)(H,42,43)/t19-,22-,23-,24+,27-/m0/s1. The molecule has 0 spiro atoms. The highest BCUT2D eigenvalue weighted by Crippen LogP contribution is 2.29. The zero-order valence-electron chi connectivity index (χ0n) is 26.1. The van der Waals surface area contributed by atoms with E-state index in [0.29, 0.717) is 19.3 Å². The number of rotatable bonds is 18. The number of aliphatic carboxylic acids is 2. The van der Waals surface area contributed by atoms with Crippen molar-refractivity contribution in [3.8, 4) is 0 Å². The Morgan fingerprint density at radius 1 is 0.682 bits per heavy atom. The molecule has 0 unspecified atom stereocenters. The molecule has 2 aliphatic carbocycles. The molecule has 2 rings (SSSR count). The fourth-order valence-corrected chi connectivity index (χ4v) is 6.38. The number of carboxylic acid groups (broad SMARTS) is 2. The number of amides is 4. The molecule has 250 valence electrons. The maximum absolute atomic E-state index is 13.7. The van der Waals surface area contributed by atoms with Gasteiger partial charge >= 0.3 is 11.9 Å². The Bertz CT molecular complexity index is 984. The summed E-state index contributed by atoms with van der Waals surface area (Å²) in [6.07, 6.45) is 10.6. The molecule has 6 N–H and O–H groups in total. The molecule has 0 aliphatic heterocycles. The van der Waals surface area contributed by atoms with E-state index in [2.05, 4.69) is 33.9 Å². The average molecular weight is 641 g/mol. The van der Waals surface area contributed by atoms with E-state index >= 15 is 0 Å². The molecule has 13 heteroatoms. The predicted octanol–water partition coefficient (Wildman–Crippen LogP) is 2.79. The van der Waals surface area contributed by atoms with Crippen LogP contribution in [0.4, 0.5) is 0 Å². The van der Waals surface area contributed by atoms with Crippen LogP contribution in [0.15, 0.2) is 0 Å². The van der Waals surface area contributed by atoms with Crippen molar-refractivity contribution in [1.29, 1.82) is 0 Å². The zero-order valence-corrected chi connectivity index (χ0v) is 27.0. The lowest BCUT2D eigenvalue weighted by Crippen LogP contribution is -2.59. The number of hydrogen-bond donors (Lipinski definition) is 7. The number of carbonyl (C=O) groups is 6. The minimum absolute atomic E-state index is 0.114. The molecular formula is C31H52N4O8S. The summed E-state index contributed by atoms with van der Waals surface area (Å²) in [6.45, 7) is 3.68. The SMILES string of the molecule is CC[C@H](C)[C@H](NC(=O)[C@H](CC1CCCCC1)NC(=O)CCC(=O)O)C(=O)N[C@@H](CC1CCCCC1)C(=O)N[C@H](CS)C(=O)O. The number of thiol groups is 1. The lowest BCUT2D eigenvalue weighted by Gasteiger charge is -2.31. The Morgan fingerprint density at radius 2 is 1.16 bits per heavy atom. The molecule has 0 aromatic carbocycles. The van der Waals surface area contributed by atoms with Crippen LogP contribution in [-0.4, -0.2) is 75.7 Å². The van der Waals surface area contributed by atoms with Crippen molar-refractivity contribution < 1.29 is 39.0 Å². The summed E-state index contributed by atoms with van der Waals surface area (Å²) in [4.78, 5) is 75.8. The Balaban J connectivity index is 2.23. The zero-order chi connectivity index (χ0) is 32.6. The third-order valence-corrected chi connectivity index (χ3v) is 9.39. The van der Waals surface area contributed by atoms with Crippen LogP contribution < -0.4 is 21.3 Å². The first-order valence-electron chi connectivity index (χ1n) is 16.2. The van der Waals surface area contributed by atoms with E-state index < -0.39 is 59.7 Å². The third-order valence-electron chi connectivity index (χ3n) is 9.03. The number of nitrogens with one attached hydrogen (secondary N) is 4. The Labute approximate surface area is 266 Å². The molecule has 2 fully saturated rings. The second-order valence-electron chi connectivity index (χ2n) is 12.5. The quantitative estimate of drug-likeness (QED) is 0.111. The van der Waals surface area contributed by atoms with Crippen LogP contribution in [0.2, 0.25) is 0 Å². The van der Waals surface area contributed by atoms with Gasteiger partial charge in [0.1, 0.15) is 24.2 Å². The molecule has 0 bridgehead atoms. The first-order chi connectivity index (χ1) is 20.9. The number of carbonyl (C=O) groups excluding carboxylic acids is 4. The maximum atomic E-state index is 13.7. The van der Waals surface area contributed by atoms with Crippen LogP contribution in [0.1, 0.15) is 110 Å². The summed E-state index contributed by atoms with van der Waals surface area (Å²) in [5, 5.41) is 29.2. The second-order valence-corrected chi connectivity index (χ2v) is 12.9. The smallest absolute Gasteiger partial charge is 0.327 e. The summed E-state index contributed by atoms with van der Waals surface area (Å²) in [7, 11) is 0. The summed E-state index contributed by atoms with van der Waals surface area (Å²) < 4.78 is 0. The van der Waals surface area contributed by atoms with Gasteiger partial charge in [0.05, 0.1) is 6.42 Å². The van der Waals surface area contributed by atoms with E-state index in [4.69, 9.17) is 5.11 Å². The van der Waals surface area contributed by atoms with Gasteiger partial charge in [0.15, 0.2) is 0 Å². The Kier molecular flexibility index (Phi) is 16.6. The van der Waals surface area contributed by atoms with Gasteiger partial charge in [-0.15, -0.1) is 0 Å². The fourth-order valence-electron chi connectivity index (χ4n) is 6.14. The van der Waals surface area contributed by atoms with E-state index in [1.165, 1.54) is 0 Å². The molecule has 0 aromatic heterocycles. The number of carboxylic acids is 2. The van der Waals surface area contributed by atoms with Crippen molar-refractivity contribution in [3.63, 3.8) is 0 Å². The van der Waals surface area contributed by atoms with Crippen LogP contribution in [0.5, 0.6) is 0 Å². The topological polar surface area (TPSA) is 191 Å². The first kappa shape index (κ1) is 37.4. The van der Waals surface area contributed by atoms with Gasteiger partial charge in [0.2, 0.25) is 23.6 Å². The minimum Gasteiger partial charge on any atom is -0.481 e. The van der Waals surface area contributed by atoms with Crippen molar-refractivity contribution in [2.24, 2.45) is 17.8 Å². The highest BCUT2D eigenvalue weighted by molar-refractivity contribution is 7.80. The molecule has 44 heavy (non-hydrogen) atoms. The monoisotopic (exact) mass is 640 g/mol. The molecule has 0 radical (unpaired) electrons. The van der Waals surface area contributed by atoms with Crippen molar-refractivity contribution >= 4 is 48.2 Å². The van der Waals surface area contributed by atoms with Crippen LogP contribution in [0.25, 0.3) is 0 Å². The van der Waals surface area contributed by atoms with Crippen LogP contribution in [0, 0.1) is 17.8 Å². The highest BCUT2D eigenvalue weighted by Gasteiger charge is 2.35. The fraction of sp³-hybridized carbons (Fsp3) is 0.806. The molecule has 0 saturated heterocycles. The molecule has 5 atom stereocenters. The Morgan fingerprint density at radius 3 is 1.61 bits per heavy atom. The van der Waals surface area contributed by atoms with Gasteiger partial charge in [0.25, 0.3) is 0 Å². The maximum Gasteiger partial charge on any atom is 0.327 e. The van der Waals surface area contributed by atoms with Crippen molar-refractivity contribution in [2.45, 2.75) is 134 Å². The molecular weight excluding hydrogens is 588 g/mol. The lowest BCUT2D eigenvalue weighted by atomic mass is 9.84. The molecule has 2 saturated carbocycles. The van der Waals surface area contributed by atoms with Gasteiger partial charge in [-0.1, -0.05) is 84.5 Å². The van der Waals surface area contributed by atoms with Crippen LogP contribution in [-0.2, 0) is 28.8 Å². The largest absolute Gasteiger partial charge is 0.481 e. The highest BCUT2D eigenvalue weighted by atomic mass is 32.1. The molecule has 2 aliphatic rings. The van der Waals surface area contributed by atoms with Gasteiger partial charge in [-0.05, 0) is 30.6 Å². The number of hydrogen-bond acceptors (Lipinski definition) is 7. The van der Waals surface area contributed by atoms with Gasteiger partial charge in [-0.25, -0.2) is 4.79 Å². The van der Waals surface area contributed by atoms with Crippen molar-refractivity contribution in [2.75, 3.05) is 5.75 Å². The summed E-state index contributed by atoms with van der Waals surface area (Å²) >= 11 is 4.03. The summed E-state index contributed by atoms with van der Waals surface area (Å²) in [6, 6.07) is -4.16. The second kappa shape index (κ2) is 19.5. The minimum atomic E-state index is -1.23. The van der Waals surface area contributed by atoms with Gasteiger partial charge in [-0.3, -0.25) is 24.0 Å². The van der Waals surface area contributed by atoms with Crippen molar-refractivity contribution in [1.82, 2.24) is 21.3 Å². The van der Waals surface area contributed by atoms with Crippen molar-refractivity contribution in [3.05, 3.63) is 0 Å². The molecule has 0 aromatic rings. The van der Waals surface area contributed by atoms with Gasteiger partial charge in [-0.2, -0.15) is 12.6 Å². The van der Waals surface area contributed by atoms with Crippen LogP contribution in [0.3, 0.4) is 0 Å². The Hall–Kier alpha value is -2.83. The van der Waals surface area contributed by atoms with E-state index in [1.807, 2.05) is 13.8 Å². The van der Waals surface area contributed by atoms with Crippen LogP contribution >= 0.6 is 12.6 Å². The van der Waals surface area contributed by atoms with E-state index in [0.717, 1.165) is 64.2 Å². The molecule has 0 heterocycles. The molecule has 12 nitrogen and oxygen atoms in total. The molecule has 4 amide bonds. The summed E-state index contributed by atoms with van der Waals surface area (Å²) in [5.74, 6) is -4.62. The van der Waals surface area contributed by atoms with E-state index in [9.17, 15) is 33.9 Å². The van der Waals surface area contributed by atoms with Gasteiger partial charge in [0, 0.05) is 12.2 Å². The average Bonchev–Trinajstić information content (AvgIpc) is 3.00. The first-order valence-corrected chi connectivity index (χ1v) is 16.8.